The largest absolute Gasteiger partial charge is 0.490 e. The average molecular weight is 338 g/mol. The molecule has 1 fully saturated rings. The predicted molar refractivity (Wildman–Crippen MR) is 98.4 cm³/mol. The third-order valence-electron chi connectivity index (χ3n) is 4.93. The molecule has 3 nitrogen and oxygen atoms in total. The van der Waals surface area contributed by atoms with Gasteiger partial charge in [0.1, 0.15) is 18.5 Å². The van der Waals surface area contributed by atoms with E-state index in [1.165, 1.54) is 19.3 Å². The molecule has 2 rings (SSSR count). The molecule has 0 saturated carbocycles. The minimum atomic E-state index is -0.485. The summed E-state index contributed by atoms with van der Waals surface area (Å²) in [6.07, 6.45) is 5.17. The van der Waals surface area contributed by atoms with Gasteiger partial charge < -0.3 is 9.84 Å². The summed E-state index contributed by atoms with van der Waals surface area (Å²) in [7, 11) is 0. The van der Waals surface area contributed by atoms with Crippen LogP contribution in [-0.4, -0.2) is 46.6 Å². The van der Waals surface area contributed by atoms with Crippen molar-refractivity contribution in [1.82, 2.24) is 4.90 Å². The monoisotopic (exact) mass is 337 g/mol. The molecule has 1 saturated heterocycles. The van der Waals surface area contributed by atoms with Gasteiger partial charge in [-0.3, -0.25) is 4.90 Å². The summed E-state index contributed by atoms with van der Waals surface area (Å²) in [4.78, 5) is 3.57. The summed E-state index contributed by atoms with van der Waals surface area (Å²) in [5, 5.41) is 10.5. The first-order valence-corrected chi connectivity index (χ1v) is 9.70. The third-order valence-corrected chi connectivity index (χ3v) is 5.71. The van der Waals surface area contributed by atoms with Crippen LogP contribution in [0, 0.1) is 0 Å². The Balaban J connectivity index is 1.97. The van der Waals surface area contributed by atoms with Gasteiger partial charge in [0.25, 0.3) is 0 Å². The molecule has 0 spiro atoms. The van der Waals surface area contributed by atoms with Crippen LogP contribution in [0.3, 0.4) is 0 Å². The van der Waals surface area contributed by atoms with Crippen molar-refractivity contribution in [3.63, 3.8) is 0 Å². The van der Waals surface area contributed by atoms with Gasteiger partial charge in [-0.1, -0.05) is 12.1 Å². The van der Waals surface area contributed by atoms with E-state index in [2.05, 4.69) is 32.6 Å². The van der Waals surface area contributed by atoms with Crippen LogP contribution in [0.15, 0.2) is 29.2 Å². The van der Waals surface area contributed by atoms with E-state index in [1.54, 1.807) is 11.8 Å². The van der Waals surface area contributed by atoms with Crippen molar-refractivity contribution in [2.45, 2.75) is 69.0 Å². The van der Waals surface area contributed by atoms with Gasteiger partial charge in [-0.15, -0.1) is 11.8 Å². The molecule has 1 unspecified atom stereocenters. The number of piperidine rings is 1. The van der Waals surface area contributed by atoms with Gasteiger partial charge in [0.05, 0.1) is 0 Å². The second-order valence-electron chi connectivity index (χ2n) is 7.70. The summed E-state index contributed by atoms with van der Waals surface area (Å²) >= 11 is 1.67. The first kappa shape index (κ1) is 18.6. The minimum absolute atomic E-state index is 0.125. The zero-order valence-electron chi connectivity index (χ0n) is 15.1. The van der Waals surface area contributed by atoms with Crippen molar-refractivity contribution in [2.24, 2.45) is 0 Å². The first-order valence-electron chi connectivity index (χ1n) is 8.48. The Morgan fingerprint density at radius 2 is 1.78 bits per heavy atom. The number of hydrogen-bond acceptors (Lipinski definition) is 4. The van der Waals surface area contributed by atoms with Crippen LogP contribution in [0.1, 0.15) is 47.0 Å². The quantitative estimate of drug-likeness (QED) is 0.789. The van der Waals surface area contributed by atoms with Gasteiger partial charge in [0.15, 0.2) is 0 Å². The van der Waals surface area contributed by atoms with Crippen LogP contribution < -0.4 is 4.74 Å². The highest BCUT2D eigenvalue weighted by Crippen LogP contribution is 2.38. The van der Waals surface area contributed by atoms with Gasteiger partial charge in [0, 0.05) is 22.5 Å². The number of rotatable bonds is 6. The maximum Gasteiger partial charge on any atom is 0.132 e. The Morgan fingerprint density at radius 3 is 2.39 bits per heavy atom. The van der Waals surface area contributed by atoms with Crippen LogP contribution in [0.4, 0.5) is 0 Å². The molecule has 0 amide bonds. The highest BCUT2D eigenvalue weighted by molar-refractivity contribution is 7.98. The molecular formula is C19H31NO2S. The number of aliphatic hydroxyl groups is 1. The fourth-order valence-electron chi connectivity index (χ4n) is 3.72. The van der Waals surface area contributed by atoms with Crippen LogP contribution in [0.25, 0.3) is 0 Å². The van der Waals surface area contributed by atoms with E-state index in [1.807, 2.05) is 30.5 Å². The van der Waals surface area contributed by atoms with Gasteiger partial charge in [-0.25, -0.2) is 0 Å². The lowest BCUT2D eigenvalue weighted by molar-refractivity contribution is -0.0608. The number of aliphatic hydroxyl groups excluding tert-OH is 1. The molecule has 1 aliphatic heterocycles. The first-order chi connectivity index (χ1) is 10.8. The number of β-amino-alcohol motifs (C(OH)–C–C–N with tert-alkyl or cyclic N) is 1. The van der Waals surface area contributed by atoms with E-state index in [9.17, 15) is 5.11 Å². The van der Waals surface area contributed by atoms with Crippen molar-refractivity contribution in [1.29, 1.82) is 0 Å². The molecule has 23 heavy (non-hydrogen) atoms. The van der Waals surface area contributed by atoms with Gasteiger partial charge in [-0.2, -0.15) is 0 Å². The average Bonchev–Trinajstić information content (AvgIpc) is 2.49. The minimum Gasteiger partial charge on any atom is -0.490 e. The molecule has 0 radical (unpaired) electrons. The lowest BCUT2D eigenvalue weighted by atomic mass is 9.79. The number of thioether (sulfide) groups is 1. The van der Waals surface area contributed by atoms with Crippen molar-refractivity contribution in [2.75, 3.05) is 19.4 Å². The van der Waals surface area contributed by atoms with Crippen LogP contribution >= 0.6 is 11.8 Å². The number of hydrogen-bond donors (Lipinski definition) is 1. The maximum atomic E-state index is 10.5. The zero-order valence-corrected chi connectivity index (χ0v) is 15.9. The molecule has 1 aliphatic rings. The molecule has 1 aromatic rings. The number of likely N-dealkylation sites (tertiary alicyclic amines) is 1. The van der Waals surface area contributed by atoms with Crippen LogP contribution in [0.2, 0.25) is 0 Å². The molecule has 0 aromatic heterocycles. The van der Waals surface area contributed by atoms with Crippen LogP contribution in [0.5, 0.6) is 5.75 Å². The summed E-state index contributed by atoms with van der Waals surface area (Å²) in [5.74, 6) is 0.858. The fraction of sp³-hybridized carbons (Fsp3) is 0.684. The van der Waals surface area contributed by atoms with Gasteiger partial charge >= 0.3 is 0 Å². The second-order valence-corrected chi connectivity index (χ2v) is 8.55. The second kappa shape index (κ2) is 7.45. The highest BCUT2D eigenvalue weighted by Gasteiger charge is 2.41. The lowest BCUT2D eigenvalue weighted by Crippen LogP contribution is -2.60. The van der Waals surface area contributed by atoms with E-state index in [0.29, 0.717) is 13.2 Å². The molecule has 130 valence electrons. The van der Waals surface area contributed by atoms with E-state index < -0.39 is 6.10 Å². The Morgan fingerprint density at radius 1 is 1.17 bits per heavy atom. The molecular weight excluding hydrogens is 306 g/mol. The number of ether oxygens (including phenoxy) is 1. The van der Waals surface area contributed by atoms with Crippen molar-refractivity contribution in [3.05, 3.63) is 24.3 Å². The SMILES string of the molecule is CSc1ccccc1OCC(O)CN1C(C)(C)CCCC1(C)C. The molecule has 4 heteroatoms. The van der Waals surface area contributed by atoms with Gasteiger partial charge in [0.2, 0.25) is 0 Å². The smallest absolute Gasteiger partial charge is 0.132 e. The van der Waals surface area contributed by atoms with Crippen LogP contribution in [-0.2, 0) is 0 Å². The molecule has 1 atom stereocenters. The molecule has 1 aromatic carbocycles. The number of benzene rings is 1. The molecule has 1 N–H and O–H groups in total. The maximum absolute atomic E-state index is 10.5. The molecule has 1 heterocycles. The Labute approximate surface area is 145 Å². The van der Waals surface area contributed by atoms with E-state index in [4.69, 9.17) is 4.74 Å². The Hall–Kier alpha value is -0.710. The van der Waals surface area contributed by atoms with E-state index in [0.717, 1.165) is 10.6 Å². The van der Waals surface area contributed by atoms with Crippen molar-refractivity contribution >= 4 is 11.8 Å². The zero-order chi connectivity index (χ0) is 17.1. The standard InChI is InChI=1S/C19H31NO2S/c1-18(2)11-8-12-19(3,4)20(18)13-15(21)14-22-16-9-6-7-10-17(16)23-5/h6-7,9-10,15,21H,8,11-14H2,1-5H3. The number of para-hydroxylation sites is 1. The van der Waals surface area contributed by atoms with Crippen molar-refractivity contribution < 1.29 is 9.84 Å². The Bertz CT molecular complexity index is 500. The summed E-state index contributed by atoms with van der Waals surface area (Å²) in [5.41, 5.74) is 0.250. The molecule has 0 bridgehead atoms. The summed E-state index contributed by atoms with van der Waals surface area (Å²) < 4.78 is 5.87. The highest BCUT2D eigenvalue weighted by atomic mass is 32.2. The summed E-state index contributed by atoms with van der Waals surface area (Å²) in [6.45, 7) is 10.1. The topological polar surface area (TPSA) is 32.7 Å². The summed E-state index contributed by atoms with van der Waals surface area (Å²) in [6, 6.07) is 7.99. The Kier molecular flexibility index (Phi) is 6.04. The lowest BCUT2D eigenvalue weighted by Gasteiger charge is -2.53. The fourth-order valence-corrected chi connectivity index (χ4v) is 4.27. The van der Waals surface area contributed by atoms with E-state index >= 15 is 0 Å². The predicted octanol–water partition coefficient (Wildman–Crippen LogP) is 4.19. The number of nitrogens with zero attached hydrogens (tertiary/aromatic N) is 1. The van der Waals surface area contributed by atoms with Crippen molar-refractivity contribution in [3.8, 4) is 5.75 Å². The van der Waals surface area contributed by atoms with Gasteiger partial charge in [-0.05, 0) is 65.3 Å². The normalized spacial score (nSPS) is 21.8. The third kappa shape index (κ3) is 4.65. The van der Waals surface area contributed by atoms with E-state index in [-0.39, 0.29) is 11.1 Å². The molecule has 0 aliphatic carbocycles.